The van der Waals surface area contributed by atoms with Gasteiger partial charge in [0.1, 0.15) is 11.2 Å². The number of hydrogen-bond donors (Lipinski definition) is 9. The van der Waals surface area contributed by atoms with E-state index in [1.807, 2.05) is 30.4 Å². The maximum atomic E-state index is 12.2. The lowest BCUT2D eigenvalue weighted by atomic mass is 9.64. The number of aliphatic hydroxyl groups is 4. The van der Waals surface area contributed by atoms with Gasteiger partial charge < -0.3 is 73.9 Å². The Labute approximate surface area is 400 Å². The number of carboxylic acid groups (broad SMARTS) is 2. The quantitative estimate of drug-likeness (QED) is 0.0606. The number of hydrogen-bond acceptors (Lipinski definition) is 12. The summed E-state index contributed by atoms with van der Waals surface area (Å²) < 4.78 is 11.0. The Hall–Kier alpha value is -3.33. The highest BCUT2D eigenvalue weighted by Gasteiger charge is 2.79. The lowest BCUT2D eigenvalue weighted by molar-refractivity contribution is -0.238. The summed E-state index contributed by atoms with van der Waals surface area (Å²) >= 11 is 11.4. The zero-order valence-corrected chi connectivity index (χ0v) is 39.6. The van der Waals surface area contributed by atoms with Gasteiger partial charge in [0.2, 0.25) is 23.3 Å². The summed E-state index contributed by atoms with van der Waals surface area (Å²) in [5.41, 5.74) is -9.39. The van der Waals surface area contributed by atoms with Crippen LogP contribution in [0, 0.1) is 35.5 Å². The van der Waals surface area contributed by atoms with Crippen LogP contribution in [0.3, 0.4) is 0 Å². The first-order chi connectivity index (χ1) is 30.2. The van der Waals surface area contributed by atoms with Gasteiger partial charge in [-0.1, -0.05) is 36.5 Å². The third-order valence-electron chi connectivity index (χ3n) is 15.6. The molecule has 18 nitrogen and oxygen atoms in total. The summed E-state index contributed by atoms with van der Waals surface area (Å²) in [5, 5.41) is 70.3. The molecule has 15 atom stereocenters. The van der Waals surface area contributed by atoms with Crippen molar-refractivity contribution in [3.8, 4) is 0 Å². The molecule has 8 aliphatic rings. The molecule has 3 amide bonds. The number of aliphatic hydroxyl groups excluding tert-OH is 3. The van der Waals surface area contributed by atoms with Crippen LogP contribution >= 0.6 is 23.2 Å². The normalized spacial score (nSPS) is 40.6. The Morgan fingerprint density at radius 1 is 0.682 bits per heavy atom. The third-order valence-corrected chi connectivity index (χ3v) is 16.0. The van der Waals surface area contributed by atoms with Crippen molar-refractivity contribution in [1.82, 2.24) is 16.0 Å². The number of allylic oxidation sites excluding steroid dienone is 3. The van der Waals surface area contributed by atoms with Crippen LogP contribution in [-0.2, 0) is 38.2 Å². The zero-order chi connectivity index (χ0) is 47.0. The van der Waals surface area contributed by atoms with Crippen molar-refractivity contribution in [2.75, 3.05) is 18.4 Å². The van der Waals surface area contributed by atoms with E-state index in [1.54, 1.807) is 19.9 Å². The maximum absolute atomic E-state index is 12.2. The van der Waals surface area contributed by atoms with Gasteiger partial charge >= 0.3 is 17.9 Å². The van der Waals surface area contributed by atoms with E-state index < -0.39 is 99.2 Å². The summed E-state index contributed by atoms with van der Waals surface area (Å²) in [6, 6.07) is 0. The van der Waals surface area contributed by atoms with Crippen LogP contribution in [0.1, 0.15) is 97.8 Å². The first kappa shape index (κ1) is 55.3. The molecule has 5 heterocycles. The van der Waals surface area contributed by atoms with E-state index in [1.165, 1.54) is 6.92 Å². The van der Waals surface area contributed by atoms with Crippen LogP contribution in [0.2, 0.25) is 0 Å². The molecule has 0 aromatic rings. The number of carboxylic acids is 2. The molecule has 372 valence electrons. The molecule has 66 heavy (non-hydrogen) atoms. The number of carbonyl (C=O) groups excluding carboxylic acids is 4. The predicted octanol–water partition coefficient (Wildman–Crippen LogP) is -1.58. The van der Waals surface area contributed by atoms with Crippen molar-refractivity contribution < 1.29 is 86.8 Å². The number of aliphatic carboxylic acids is 2. The Morgan fingerprint density at radius 3 is 1.56 bits per heavy atom. The van der Waals surface area contributed by atoms with Gasteiger partial charge in [0.25, 0.3) is 0 Å². The first-order valence-corrected chi connectivity index (χ1v) is 23.4. The molecule has 0 spiro atoms. The second-order valence-electron chi connectivity index (χ2n) is 18.9. The van der Waals surface area contributed by atoms with Crippen LogP contribution < -0.4 is 28.4 Å². The molecule has 5 aliphatic heterocycles. The van der Waals surface area contributed by atoms with Gasteiger partial charge in [-0.3, -0.25) is 14.4 Å². The van der Waals surface area contributed by atoms with Crippen molar-refractivity contribution >= 4 is 58.8 Å². The highest BCUT2D eigenvalue weighted by atomic mass is 35.5. The van der Waals surface area contributed by atoms with Crippen LogP contribution in [-0.4, -0.2) is 142 Å². The summed E-state index contributed by atoms with van der Waals surface area (Å²) in [5.74, 6) is -6.81. The fourth-order valence-corrected chi connectivity index (χ4v) is 12.2. The van der Waals surface area contributed by atoms with Gasteiger partial charge in [0, 0.05) is 36.1 Å². The summed E-state index contributed by atoms with van der Waals surface area (Å²) in [4.78, 5) is 72.7. The zero-order valence-electron chi connectivity index (χ0n) is 37.4. The Morgan fingerprint density at radius 2 is 1.12 bits per heavy atom. The second-order valence-corrected chi connectivity index (χ2v) is 19.7. The Kier molecular flexibility index (Phi) is 17.7. The smallest absolute Gasteiger partial charge is 0.339 e. The molecular weight excluding hydrogens is 929 g/mol. The van der Waals surface area contributed by atoms with Crippen molar-refractivity contribution in [1.29, 1.82) is 0 Å². The van der Waals surface area contributed by atoms with E-state index >= 15 is 0 Å². The van der Waals surface area contributed by atoms with Gasteiger partial charge in [-0.2, -0.15) is 0 Å². The SMILES string of the molecule is C[C@@]12OC(=O)[C@]1([C@@H](O)[C@@H]1C=CCCC1)NC(=O)[C@@H]2CCCl.C[C@]1(O)[C@@H](CCCl)C(=O)N[C@]1(C(=O)O)[C@@H](O)[C@@H]1C=CCCC1.C[C@]12OCC[C@H]1C(=O)N[C@]2(C(=O)O)[C@@H](O)[C@@H]1C=CCCC1.O.[Cl-]. The Balaban J connectivity index is 0.000000213. The molecule has 8 rings (SSSR count). The van der Waals surface area contributed by atoms with E-state index in [9.17, 15) is 59.4 Å². The minimum absolute atomic E-state index is 0. The number of carbonyl (C=O) groups is 6. The van der Waals surface area contributed by atoms with E-state index in [4.69, 9.17) is 32.7 Å². The molecule has 0 aromatic carbocycles. The minimum Gasteiger partial charge on any atom is -1.00 e. The summed E-state index contributed by atoms with van der Waals surface area (Å²) in [6.45, 7) is 4.98. The molecule has 0 aromatic heterocycles. The van der Waals surface area contributed by atoms with E-state index in [-0.39, 0.29) is 53.8 Å². The molecular formula is C45H65Cl3N3O15-. The van der Waals surface area contributed by atoms with Gasteiger partial charge in [-0.15, -0.1) is 23.2 Å². The standard InChI is InChI=1S/C15H22ClNO5.C15H20ClNO4.C15H21NO5.ClH.H2O/c1-14(22)10(7-8-16)12(19)17-15(14,13(20)21)11(18)9-5-3-2-4-6-9;1-14-10(7-8-16)12(19)17-15(14,13(20)21-14)11(18)9-5-3-2-4-6-9;1-14-10(7-8-21-14)12(18)16-15(14,13(19)20)11(17)9-5-3-2-4-6-9;;/h3,5,9-11,18,22H,2,4,6-8H2,1H3,(H,17,19)(H,20,21);3,5,9-11,18H,2,4,6-8H2,1H3,(H,17,19);3,5,9-11,17H,2,4,6-8H2,1H3,(H,16,18)(H,19,20);1H;1H2/p-1/t3*9-,10+,11+,14+,15+;;/m111../s1. The van der Waals surface area contributed by atoms with Crippen molar-refractivity contribution in [2.24, 2.45) is 35.5 Å². The number of nitrogens with one attached hydrogen (secondary N) is 3. The fraction of sp³-hybridized carbons (Fsp3) is 0.733. The first-order valence-electron chi connectivity index (χ1n) is 22.4. The van der Waals surface area contributed by atoms with Crippen molar-refractivity contribution in [3.63, 3.8) is 0 Å². The van der Waals surface area contributed by atoms with Crippen molar-refractivity contribution in [2.45, 2.75) is 150 Å². The molecule has 5 fully saturated rings. The van der Waals surface area contributed by atoms with E-state index in [2.05, 4.69) is 16.0 Å². The lowest BCUT2D eigenvalue weighted by Crippen LogP contribution is -3.00. The number of rotatable bonds is 12. The number of halogens is 3. The van der Waals surface area contributed by atoms with Gasteiger partial charge in [0.05, 0.1) is 36.1 Å². The molecule has 0 radical (unpaired) electrons. The van der Waals surface area contributed by atoms with Crippen LogP contribution in [0.15, 0.2) is 36.5 Å². The van der Waals surface area contributed by atoms with Crippen LogP contribution in [0.5, 0.6) is 0 Å². The summed E-state index contributed by atoms with van der Waals surface area (Å²) in [7, 11) is 0. The second kappa shape index (κ2) is 21.1. The molecule has 0 saturated carbocycles. The van der Waals surface area contributed by atoms with Crippen LogP contribution in [0.25, 0.3) is 0 Å². The topological polar surface area (TPSA) is 310 Å². The molecule has 5 saturated heterocycles. The molecule has 21 heteroatoms. The molecule has 11 N–H and O–H groups in total. The van der Waals surface area contributed by atoms with Gasteiger partial charge in [-0.25, -0.2) is 14.4 Å². The van der Waals surface area contributed by atoms with Crippen LogP contribution in [0.4, 0.5) is 0 Å². The highest BCUT2D eigenvalue weighted by molar-refractivity contribution is 6.18. The number of fused-ring (bicyclic) bond motifs is 2. The van der Waals surface area contributed by atoms with Gasteiger partial charge in [0.15, 0.2) is 16.7 Å². The highest BCUT2D eigenvalue weighted by Crippen LogP contribution is 2.54. The Bertz CT molecular complexity index is 1940. The average molecular weight is 994 g/mol. The molecule has 3 aliphatic carbocycles. The van der Waals surface area contributed by atoms with Gasteiger partial charge in [-0.05, 0) is 97.8 Å². The van der Waals surface area contributed by atoms with Crippen molar-refractivity contribution in [3.05, 3.63) is 36.5 Å². The molecule has 0 bridgehead atoms. The average Bonchev–Trinajstić information content (AvgIpc) is 3.90. The lowest BCUT2D eigenvalue weighted by Gasteiger charge is -2.54. The number of esters is 1. The third kappa shape index (κ3) is 8.58. The number of alkyl halides is 2. The predicted molar refractivity (Wildman–Crippen MR) is 234 cm³/mol. The number of ether oxygens (including phenoxy) is 2. The van der Waals surface area contributed by atoms with E-state index in [0.29, 0.717) is 38.2 Å². The minimum atomic E-state index is -2.13. The van der Waals surface area contributed by atoms with E-state index in [0.717, 1.165) is 44.9 Å². The summed E-state index contributed by atoms with van der Waals surface area (Å²) in [6.07, 6.45) is 16.5. The number of amides is 3. The maximum Gasteiger partial charge on any atom is 0.339 e. The monoisotopic (exact) mass is 992 g/mol. The fourth-order valence-electron chi connectivity index (χ4n) is 11.8. The largest absolute Gasteiger partial charge is 1.00 e. The molecule has 0 unspecified atom stereocenters.